The highest BCUT2D eigenvalue weighted by Crippen LogP contribution is 2.37. The highest BCUT2D eigenvalue weighted by Gasteiger charge is 2.26. The lowest BCUT2D eigenvalue weighted by Gasteiger charge is -2.20. The van der Waals surface area contributed by atoms with Crippen LogP contribution in [0.2, 0.25) is 10.0 Å². The Kier molecular flexibility index (Phi) is 9.23. The molecule has 0 unspecified atom stereocenters. The smallest absolute Gasteiger partial charge is 0.211 e. The minimum atomic E-state index is -3.97. The third-order valence-electron chi connectivity index (χ3n) is 3.88. The molecule has 0 aromatic heterocycles. The van der Waals surface area contributed by atoms with E-state index in [1.165, 1.54) is 31.4 Å². The number of halogens is 3. The summed E-state index contributed by atoms with van der Waals surface area (Å²) in [4.78, 5) is -0.222. The van der Waals surface area contributed by atoms with Crippen molar-refractivity contribution in [1.82, 2.24) is 0 Å². The molecule has 0 saturated carbocycles. The summed E-state index contributed by atoms with van der Waals surface area (Å²) >= 11 is 17.6. The molecule has 2 aromatic carbocycles. The van der Waals surface area contributed by atoms with E-state index in [2.05, 4.69) is 0 Å². The fourth-order valence-corrected chi connectivity index (χ4v) is 4.46. The summed E-state index contributed by atoms with van der Waals surface area (Å²) in [6.45, 7) is -0.529. The molecule has 0 amide bonds. The van der Waals surface area contributed by atoms with Gasteiger partial charge in [0, 0.05) is 7.11 Å². The van der Waals surface area contributed by atoms with E-state index in [-0.39, 0.29) is 38.8 Å². The molecule has 0 aliphatic heterocycles. The number of methoxy groups -OCH3 is 1. The number of rotatable bonds is 11. The van der Waals surface area contributed by atoms with Gasteiger partial charge in [0.05, 0.1) is 32.3 Å². The second kappa shape index (κ2) is 11.0. The van der Waals surface area contributed by atoms with Crippen LogP contribution in [0, 0.1) is 0 Å². The van der Waals surface area contributed by atoms with Crippen molar-refractivity contribution in [3.63, 3.8) is 0 Å². The van der Waals surface area contributed by atoms with E-state index in [0.29, 0.717) is 5.75 Å². The summed E-state index contributed by atoms with van der Waals surface area (Å²) in [6.07, 6.45) is -0.815. The average molecular weight is 516 g/mol. The molecule has 12 heteroatoms. The molecule has 0 aliphatic rings. The molecule has 0 saturated heterocycles. The SMILES string of the molecule is COC[C@@H](O)COc1ccc(S(=O)(=O)c2cc(Cl)c(OCC(O)(O)CCl)c(Cl)c2)cc1. The van der Waals surface area contributed by atoms with Crippen LogP contribution in [0.5, 0.6) is 11.5 Å². The van der Waals surface area contributed by atoms with Crippen LogP contribution in [0.4, 0.5) is 0 Å². The Balaban J connectivity index is 2.19. The van der Waals surface area contributed by atoms with Crippen molar-refractivity contribution in [1.29, 1.82) is 0 Å². The van der Waals surface area contributed by atoms with Crippen LogP contribution in [0.1, 0.15) is 0 Å². The Bertz CT molecular complexity index is 957. The topological polar surface area (TPSA) is 123 Å². The molecule has 31 heavy (non-hydrogen) atoms. The molecule has 0 spiro atoms. The fourth-order valence-electron chi connectivity index (χ4n) is 2.34. The van der Waals surface area contributed by atoms with Crippen LogP contribution in [0.3, 0.4) is 0 Å². The number of sulfone groups is 1. The lowest BCUT2D eigenvalue weighted by Crippen LogP contribution is -2.37. The Morgan fingerprint density at radius 1 is 1.00 bits per heavy atom. The predicted molar refractivity (Wildman–Crippen MR) is 115 cm³/mol. The van der Waals surface area contributed by atoms with Gasteiger partial charge in [-0.05, 0) is 36.4 Å². The Hall–Kier alpha value is -1.30. The molecule has 0 radical (unpaired) electrons. The molecule has 0 fully saturated rings. The minimum Gasteiger partial charge on any atom is -0.491 e. The summed E-state index contributed by atoms with van der Waals surface area (Å²) in [7, 11) is -2.52. The van der Waals surface area contributed by atoms with Gasteiger partial charge < -0.3 is 29.5 Å². The van der Waals surface area contributed by atoms with Crippen molar-refractivity contribution < 1.29 is 37.9 Å². The van der Waals surface area contributed by atoms with Crippen LogP contribution < -0.4 is 9.47 Å². The fraction of sp³-hybridized carbons (Fsp3) is 0.368. The van der Waals surface area contributed by atoms with Crippen molar-refractivity contribution >= 4 is 44.6 Å². The van der Waals surface area contributed by atoms with E-state index in [4.69, 9.17) is 49.0 Å². The lowest BCUT2D eigenvalue weighted by atomic mass is 10.3. The largest absolute Gasteiger partial charge is 0.491 e. The molecular formula is C19H21Cl3O8S. The maximum absolute atomic E-state index is 12.9. The molecule has 0 bridgehead atoms. The van der Waals surface area contributed by atoms with Crippen LogP contribution in [0.15, 0.2) is 46.2 Å². The van der Waals surface area contributed by atoms with Crippen molar-refractivity contribution in [3.8, 4) is 11.5 Å². The summed E-state index contributed by atoms with van der Waals surface area (Å²) in [5.41, 5.74) is 0. The van der Waals surface area contributed by atoms with E-state index < -0.39 is 34.2 Å². The third-order valence-corrected chi connectivity index (χ3v) is 6.62. The monoisotopic (exact) mass is 514 g/mol. The number of hydrogen-bond donors (Lipinski definition) is 3. The van der Waals surface area contributed by atoms with Crippen LogP contribution in [-0.4, -0.2) is 68.4 Å². The first kappa shape index (κ1) is 26.0. The van der Waals surface area contributed by atoms with E-state index >= 15 is 0 Å². The van der Waals surface area contributed by atoms with Gasteiger partial charge in [0.1, 0.15) is 25.1 Å². The Morgan fingerprint density at radius 2 is 1.58 bits per heavy atom. The summed E-state index contributed by atoms with van der Waals surface area (Å²) in [5.74, 6) is -2.56. The van der Waals surface area contributed by atoms with E-state index in [1.807, 2.05) is 0 Å². The van der Waals surface area contributed by atoms with E-state index in [0.717, 1.165) is 12.1 Å². The molecular weight excluding hydrogens is 495 g/mol. The summed E-state index contributed by atoms with van der Waals surface area (Å²) < 4.78 is 41.2. The van der Waals surface area contributed by atoms with Gasteiger partial charge in [-0.25, -0.2) is 8.42 Å². The zero-order valence-corrected chi connectivity index (χ0v) is 19.4. The lowest BCUT2D eigenvalue weighted by molar-refractivity contribution is -0.162. The maximum Gasteiger partial charge on any atom is 0.211 e. The van der Waals surface area contributed by atoms with Crippen molar-refractivity contribution in [2.24, 2.45) is 0 Å². The quantitative estimate of drug-likeness (QED) is 0.308. The molecule has 2 rings (SSSR count). The normalized spacial score (nSPS) is 13.1. The van der Waals surface area contributed by atoms with Gasteiger partial charge in [-0.15, -0.1) is 11.6 Å². The molecule has 0 aliphatic carbocycles. The number of ether oxygens (including phenoxy) is 3. The molecule has 172 valence electrons. The van der Waals surface area contributed by atoms with Gasteiger partial charge in [0.2, 0.25) is 15.6 Å². The van der Waals surface area contributed by atoms with Gasteiger partial charge in [0.15, 0.2) is 5.75 Å². The number of benzene rings is 2. The summed E-state index contributed by atoms with van der Waals surface area (Å²) in [6, 6.07) is 7.85. The number of hydrogen-bond acceptors (Lipinski definition) is 8. The number of alkyl halides is 1. The van der Waals surface area contributed by atoms with Crippen LogP contribution >= 0.6 is 34.8 Å². The standard InChI is InChI=1S/C19H21Cl3O8S/c1-28-8-12(23)9-29-13-2-4-14(5-3-13)31(26,27)15-6-16(21)18(17(22)7-15)30-11-19(24,25)10-20/h2-7,12,23-25H,8-11H2,1H3/t12-/m1/s1. The van der Waals surface area contributed by atoms with Crippen LogP contribution in [-0.2, 0) is 14.6 Å². The maximum atomic E-state index is 12.9. The molecule has 2 aromatic rings. The molecule has 3 N–H and O–H groups in total. The zero-order valence-electron chi connectivity index (χ0n) is 16.3. The Morgan fingerprint density at radius 3 is 2.10 bits per heavy atom. The van der Waals surface area contributed by atoms with E-state index in [1.54, 1.807) is 0 Å². The predicted octanol–water partition coefficient (Wildman–Crippen LogP) is 2.51. The Labute approximate surface area is 194 Å². The van der Waals surface area contributed by atoms with Crippen LogP contribution in [0.25, 0.3) is 0 Å². The van der Waals surface area contributed by atoms with Gasteiger partial charge in [0.25, 0.3) is 0 Å². The average Bonchev–Trinajstić information content (AvgIpc) is 2.72. The van der Waals surface area contributed by atoms with Gasteiger partial charge in [-0.3, -0.25) is 0 Å². The second-order valence-electron chi connectivity index (χ2n) is 6.52. The van der Waals surface area contributed by atoms with Crippen molar-refractivity contribution in [2.45, 2.75) is 21.7 Å². The molecule has 8 nitrogen and oxygen atoms in total. The molecule has 1 atom stereocenters. The van der Waals surface area contributed by atoms with Gasteiger partial charge in [-0.1, -0.05) is 23.2 Å². The number of aliphatic hydroxyl groups excluding tert-OH is 1. The summed E-state index contributed by atoms with van der Waals surface area (Å²) in [5, 5.41) is 28.3. The van der Waals surface area contributed by atoms with Crippen molar-refractivity contribution in [3.05, 3.63) is 46.4 Å². The highest BCUT2D eigenvalue weighted by molar-refractivity contribution is 7.91. The highest BCUT2D eigenvalue weighted by atomic mass is 35.5. The zero-order chi connectivity index (χ0) is 23.2. The van der Waals surface area contributed by atoms with Gasteiger partial charge >= 0.3 is 0 Å². The first-order valence-electron chi connectivity index (χ1n) is 8.77. The number of aliphatic hydroxyl groups is 3. The second-order valence-corrected chi connectivity index (χ2v) is 9.55. The van der Waals surface area contributed by atoms with Gasteiger partial charge in [-0.2, -0.15) is 0 Å². The minimum absolute atomic E-state index is 0.0146. The van der Waals surface area contributed by atoms with E-state index in [9.17, 15) is 23.7 Å². The first-order valence-corrected chi connectivity index (χ1v) is 11.5. The molecule has 0 heterocycles. The third kappa shape index (κ3) is 7.10. The first-order chi connectivity index (χ1) is 14.5. The van der Waals surface area contributed by atoms with Crippen molar-refractivity contribution in [2.75, 3.05) is 32.8 Å².